The Balaban J connectivity index is 2.01. The summed E-state index contributed by atoms with van der Waals surface area (Å²) in [6.45, 7) is 3.59. The highest BCUT2D eigenvalue weighted by atomic mass is 19.1. The van der Waals surface area contributed by atoms with E-state index in [0.29, 0.717) is 6.54 Å². The lowest BCUT2D eigenvalue weighted by atomic mass is 9.97. The fourth-order valence-electron chi connectivity index (χ4n) is 3.30. The van der Waals surface area contributed by atoms with Crippen molar-refractivity contribution in [3.63, 3.8) is 0 Å². The van der Waals surface area contributed by atoms with E-state index in [9.17, 15) is 4.39 Å². The van der Waals surface area contributed by atoms with Crippen molar-refractivity contribution in [2.24, 2.45) is 5.73 Å². The lowest BCUT2D eigenvalue weighted by Crippen LogP contribution is -2.33. The highest BCUT2D eigenvalue weighted by molar-refractivity contribution is 5.60. The summed E-state index contributed by atoms with van der Waals surface area (Å²) in [5.74, 6) is -0.180. The Bertz CT molecular complexity index is 639. The molecular formula is C18H21FN2. The van der Waals surface area contributed by atoms with Crippen LogP contribution in [0.4, 0.5) is 10.1 Å². The van der Waals surface area contributed by atoms with Gasteiger partial charge in [-0.2, -0.15) is 0 Å². The summed E-state index contributed by atoms with van der Waals surface area (Å²) in [6, 6.07) is 13.6. The van der Waals surface area contributed by atoms with Crippen LogP contribution in [0.2, 0.25) is 0 Å². The third-order valence-corrected chi connectivity index (χ3v) is 4.37. The van der Waals surface area contributed by atoms with Gasteiger partial charge in [-0.15, -0.1) is 0 Å². The van der Waals surface area contributed by atoms with Crippen molar-refractivity contribution in [1.29, 1.82) is 0 Å². The second-order valence-corrected chi connectivity index (χ2v) is 5.52. The summed E-state index contributed by atoms with van der Waals surface area (Å²) in [4.78, 5) is 2.26. The molecule has 0 amide bonds. The van der Waals surface area contributed by atoms with Gasteiger partial charge in [-0.05, 0) is 41.7 Å². The molecule has 110 valence electrons. The van der Waals surface area contributed by atoms with E-state index < -0.39 is 0 Å². The lowest BCUT2D eigenvalue weighted by Gasteiger charge is -2.31. The van der Waals surface area contributed by atoms with E-state index in [4.69, 9.17) is 5.73 Å². The van der Waals surface area contributed by atoms with Crippen molar-refractivity contribution in [2.45, 2.75) is 25.8 Å². The van der Waals surface area contributed by atoms with E-state index in [1.807, 2.05) is 6.07 Å². The van der Waals surface area contributed by atoms with Crippen molar-refractivity contribution < 1.29 is 4.39 Å². The fraction of sp³-hybridized carbons (Fsp3) is 0.333. The van der Waals surface area contributed by atoms with Gasteiger partial charge in [-0.1, -0.05) is 37.3 Å². The number of hydrogen-bond donors (Lipinski definition) is 1. The zero-order valence-corrected chi connectivity index (χ0v) is 12.3. The number of fused-ring (bicyclic) bond motifs is 1. The van der Waals surface area contributed by atoms with Crippen LogP contribution in [-0.4, -0.2) is 13.1 Å². The second kappa shape index (κ2) is 5.86. The smallest absolute Gasteiger partial charge is 0.125 e. The number of benzene rings is 2. The molecule has 1 unspecified atom stereocenters. The van der Waals surface area contributed by atoms with Gasteiger partial charge in [0.15, 0.2) is 0 Å². The topological polar surface area (TPSA) is 29.3 Å². The van der Waals surface area contributed by atoms with E-state index >= 15 is 0 Å². The van der Waals surface area contributed by atoms with E-state index in [1.165, 1.54) is 16.7 Å². The molecule has 1 aliphatic rings. The molecule has 0 fully saturated rings. The van der Waals surface area contributed by atoms with E-state index in [1.54, 1.807) is 12.1 Å². The minimum Gasteiger partial charge on any atom is -0.363 e. The van der Waals surface area contributed by atoms with Crippen LogP contribution in [0.3, 0.4) is 0 Å². The van der Waals surface area contributed by atoms with Crippen LogP contribution in [0.15, 0.2) is 42.5 Å². The summed E-state index contributed by atoms with van der Waals surface area (Å²) >= 11 is 0. The predicted octanol–water partition coefficient (Wildman–Crippen LogP) is 3.45. The fourth-order valence-corrected chi connectivity index (χ4v) is 3.30. The second-order valence-electron chi connectivity index (χ2n) is 5.52. The van der Waals surface area contributed by atoms with Crippen LogP contribution in [0, 0.1) is 5.82 Å². The standard InChI is InChI=1S/C18H21FN2/c1-2-13-5-3-4-6-16(13)18(12-20)21-10-9-14-7-8-15(19)11-17(14)21/h3-8,11,18H,2,9-10,12,20H2,1H3. The number of rotatable bonds is 4. The van der Waals surface area contributed by atoms with Crippen LogP contribution in [-0.2, 0) is 12.8 Å². The summed E-state index contributed by atoms with van der Waals surface area (Å²) in [5.41, 5.74) is 10.9. The molecule has 21 heavy (non-hydrogen) atoms. The van der Waals surface area contributed by atoms with Gasteiger partial charge in [0, 0.05) is 18.8 Å². The lowest BCUT2D eigenvalue weighted by molar-refractivity contribution is 0.620. The van der Waals surface area contributed by atoms with Crippen LogP contribution < -0.4 is 10.6 Å². The van der Waals surface area contributed by atoms with Gasteiger partial charge in [0.1, 0.15) is 5.82 Å². The summed E-state index contributed by atoms with van der Waals surface area (Å²) in [5, 5.41) is 0. The maximum Gasteiger partial charge on any atom is 0.125 e. The third kappa shape index (κ3) is 2.54. The Morgan fingerprint density at radius 2 is 2.05 bits per heavy atom. The number of aryl methyl sites for hydroxylation is 1. The normalized spacial score (nSPS) is 15.1. The Morgan fingerprint density at radius 1 is 1.24 bits per heavy atom. The molecule has 0 radical (unpaired) electrons. The average molecular weight is 284 g/mol. The number of halogens is 1. The molecule has 0 aliphatic carbocycles. The van der Waals surface area contributed by atoms with Crippen LogP contribution >= 0.6 is 0 Å². The van der Waals surface area contributed by atoms with Gasteiger partial charge < -0.3 is 10.6 Å². The highest BCUT2D eigenvalue weighted by Crippen LogP contribution is 2.36. The quantitative estimate of drug-likeness (QED) is 0.931. The molecule has 1 atom stereocenters. The molecule has 0 bridgehead atoms. The molecule has 3 heteroatoms. The zero-order valence-electron chi connectivity index (χ0n) is 12.3. The summed E-state index contributed by atoms with van der Waals surface area (Å²) < 4.78 is 13.6. The van der Waals surface area contributed by atoms with Gasteiger partial charge in [0.2, 0.25) is 0 Å². The Morgan fingerprint density at radius 3 is 2.81 bits per heavy atom. The molecule has 0 spiro atoms. The molecule has 0 saturated carbocycles. The first-order valence-electron chi connectivity index (χ1n) is 7.57. The van der Waals surface area contributed by atoms with E-state index in [0.717, 1.165) is 25.1 Å². The molecule has 1 heterocycles. The molecule has 2 aromatic carbocycles. The molecule has 2 aromatic rings. The first-order valence-corrected chi connectivity index (χ1v) is 7.57. The largest absolute Gasteiger partial charge is 0.363 e. The van der Waals surface area contributed by atoms with Gasteiger partial charge in [0.05, 0.1) is 6.04 Å². The maximum absolute atomic E-state index is 13.6. The number of nitrogens with zero attached hydrogens (tertiary/aromatic N) is 1. The first kappa shape index (κ1) is 14.1. The number of anilines is 1. The average Bonchev–Trinajstić information content (AvgIpc) is 2.92. The molecular weight excluding hydrogens is 263 g/mol. The van der Waals surface area contributed by atoms with Crippen molar-refractivity contribution >= 4 is 5.69 Å². The summed E-state index contributed by atoms with van der Waals surface area (Å²) in [7, 11) is 0. The monoisotopic (exact) mass is 284 g/mol. The minimum atomic E-state index is -0.180. The predicted molar refractivity (Wildman–Crippen MR) is 85.1 cm³/mol. The number of nitrogens with two attached hydrogens (primary N) is 1. The molecule has 0 saturated heterocycles. The molecule has 2 N–H and O–H groups in total. The van der Waals surface area contributed by atoms with Gasteiger partial charge in [-0.3, -0.25) is 0 Å². The van der Waals surface area contributed by atoms with Crippen LogP contribution in [0.25, 0.3) is 0 Å². The van der Waals surface area contributed by atoms with Gasteiger partial charge in [0.25, 0.3) is 0 Å². The third-order valence-electron chi connectivity index (χ3n) is 4.37. The van der Waals surface area contributed by atoms with Crippen molar-refractivity contribution in [3.8, 4) is 0 Å². The van der Waals surface area contributed by atoms with Gasteiger partial charge in [-0.25, -0.2) is 4.39 Å². The zero-order chi connectivity index (χ0) is 14.8. The number of hydrogen-bond acceptors (Lipinski definition) is 2. The van der Waals surface area contributed by atoms with E-state index in [2.05, 4.69) is 36.1 Å². The minimum absolute atomic E-state index is 0.115. The van der Waals surface area contributed by atoms with Gasteiger partial charge >= 0.3 is 0 Å². The first-order chi connectivity index (χ1) is 10.2. The Hall–Kier alpha value is -1.87. The Labute approximate surface area is 125 Å². The summed E-state index contributed by atoms with van der Waals surface area (Å²) in [6.07, 6.45) is 1.94. The molecule has 0 aromatic heterocycles. The van der Waals surface area contributed by atoms with Crippen molar-refractivity contribution in [3.05, 3.63) is 65.0 Å². The highest BCUT2D eigenvalue weighted by Gasteiger charge is 2.27. The van der Waals surface area contributed by atoms with Crippen LogP contribution in [0.1, 0.15) is 29.7 Å². The maximum atomic E-state index is 13.6. The van der Waals surface area contributed by atoms with Crippen molar-refractivity contribution in [2.75, 3.05) is 18.0 Å². The SMILES string of the molecule is CCc1ccccc1C(CN)N1CCc2ccc(F)cc21. The van der Waals surface area contributed by atoms with Crippen LogP contribution in [0.5, 0.6) is 0 Å². The molecule has 3 rings (SSSR count). The van der Waals surface area contributed by atoms with E-state index in [-0.39, 0.29) is 11.9 Å². The molecule has 2 nitrogen and oxygen atoms in total. The molecule has 1 aliphatic heterocycles. The Kier molecular flexibility index (Phi) is 3.93. The van der Waals surface area contributed by atoms with Crippen molar-refractivity contribution in [1.82, 2.24) is 0 Å².